The van der Waals surface area contributed by atoms with E-state index < -0.39 is 6.17 Å². The predicted octanol–water partition coefficient (Wildman–Crippen LogP) is 0.320. The molecule has 0 amide bonds. The summed E-state index contributed by atoms with van der Waals surface area (Å²) in [7, 11) is 0. The summed E-state index contributed by atoms with van der Waals surface area (Å²) in [6, 6.07) is 0. The number of rotatable bonds is 2. The summed E-state index contributed by atoms with van der Waals surface area (Å²) in [5.41, 5.74) is 5.00. The maximum atomic E-state index is 12.6. The molecule has 1 atom stereocenters. The first-order valence-corrected chi connectivity index (χ1v) is 3.13. The van der Waals surface area contributed by atoms with Gasteiger partial charge in [0.15, 0.2) is 0 Å². The van der Waals surface area contributed by atoms with Gasteiger partial charge in [0.05, 0.1) is 18.6 Å². The fourth-order valence-electron chi connectivity index (χ4n) is 0.874. The zero-order chi connectivity index (χ0) is 6.91. The smallest absolute Gasteiger partial charge is 0.109 e. The summed E-state index contributed by atoms with van der Waals surface area (Å²) in [6.07, 6.45) is -0.837. The topological polar surface area (TPSA) is 35.2 Å². The summed E-state index contributed by atoms with van der Waals surface area (Å²) < 4.78 is 17.5. The number of halogens is 1. The standard InChI is InChI=1S/C6H12FNO/c1-5(7)6(2-8)3-9-4-6/h5H,2-4,8H2,1H3. The van der Waals surface area contributed by atoms with Crippen molar-refractivity contribution in [2.24, 2.45) is 11.1 Å². The zero-order valence-corrected chi connectivity index (χ0v) is 5.56. The average Bonchev–Trinajstić information content (AvgIpc) is 1.62. The van der Waals surface area contributed by atoms with Crippen molar-refractivity contribution < 1.29 is 9.13 Å². The van der Waals surface area contributed by atoms with Crippen molar-refractivity contribution in [2.75, 3.05) is 19.8 Å². The molecule has 1 fully saturated rings. The van der Waals surface area contributed by atoms with Gasteiger partial charge in [-0.2, -0.15) is 0 Å². The molecular formula is C6H12FNO. The van der Waals surface area contributed by atoms with Crippen LogP contribution >= 0.6 is 0 Å². The van der Waals surface area contributed by atoms with Crippen LogP contribution in [0.5, 0.6) is 0 Å². The van der Waals surface area contributed by atoms with Crippen LogP contribution in [0.25, 0.3) is 0 Å². The fraction of sp³-hybridized carbons (Fsp3) is 1.00. The highest BCUT2D eigenvalue weighted by molar-refractivity contribution is 4.90. The minimum atomic E-state index is -0.837. The van der Waals surface area contributed by atoms with Gasteiger partial charge in [0.2, 0.25) is 0 Å². The lowest BCUT2D eigenvalue weighted by Crippen LogP contribution is -2.53. The van der Waals surface area contributed by atoms with E-state index in [2.05, 4.69) is 0 Å². The SMILES string of the molecule is CC(F)C1(CN)COC1. The molecule has 0 aliphatic carbocycles. The third-order valence-corrected chi connectivity index (χ3v) is 2.03. The van der Waals surface area contributed by atoms with Crippen molar-refractivity contribution in [2.45, 2.75) is 13.1 Å². The maximum Gasteiger partial charge on any atom is 0.109 e. The van der Waals surface area contributed by atoms with Crippen LogP contribution in [-0.2, 0) is 4.74 Å². The van der Waals surface area contributed by atoms with Crippen LogP contribution in [0.3, 0.4) is 0 Å². The summed E-state index contributed by atoms with van der Waals surface area (Å²) in [4.78, 5) is 0. The normalized spacial score (nSPS) is 27.0. The van der Waals surface area contributed by atoms with E-state index in [-0.39, 0.29) is 5.41 Å². The Morgan fingerprint density at radius 2 is 2.33 bits per heavy atom. The molecule has 1 heterocycles. The highest BCUT2D eigenvalue weighted by atomic mass is 19.1. The van der Waals surface area contributed by atoms with Gasteiger partial charge < -0.3 is 10.5 Å². The maximum absolute atomic E-state index is 12.6. The molecule has 0 spiro atoms. The minimum Gasteiger partial charge on any atom is -0.380 e. The van der Waals surface area contributed by atoms with E-state index in [1.807, 2.05) is 0 Å². The van der Waals surface area contributed by atoms with Gasteiger partial charge in [-0.15, -0.1) is 0 Å². The van der Waals surface area contributed by atoms with Crippen LogP contribution in [0.1, 0.15) is 6.92 Å². The Morgan fingerprint density at radius 1 is 1.78 bits per heavy atom. The predicted molar refractivity (Wildman–Crippen MR) is 32.9 cm³/mol. The van der Waals surface area contributed by atoms with Gasteiger partial charge in [-0.25, -0.2) is 4.39 Å². The number of hydrogen-bond acceptors (Lipinski definition) is 2. The van der Waals surface area contributed by atoms with Gasteiger partial charge in [-0.1, -0.05) is 0 Å². The molecule has 9 heavy (non-hydrogen) atoms. The molecule has 1 aliphatic heterocycles. The monoisotopic (exact) mass is 133 g/mol. The van der Waals surface area contributed by atoms with E-state index in [1.165, 1.54) is 6.92 Å². The number of nitrogens with two attached hydrogens (primary N) is 1. The summed E-state index contributed by atoms with van der Waals surface area (Å²) in [6.45, 7) is 2.91. The van der Waals surface area contributed by atoms with Crippen LogP contribution in [0.15, 0.2) is 0 Å². The van der Waals surface area contributed by atoms with E-state index >= 15 is 0 Å². The molecule has 1 rings (SSSR count). The lowest BCUT2D eigenvalue weighted by Gasteiger charge is -2.41. The lowest BCUT2D eigenvalue weighted by atomic mass is 9.82. The van der Waals surface area contributed by atoms with Crippen LogP contribution in [-0.4, -0.2) is 25.9 Å². The third kappa shape index (κ3) is 0.946. The average molecular weight is 133 g/mol. The summed E-state index contributed by atoms with van der Waals surface area (Å²) >= 11 is 0. The Balaban J connectivity index is 2.46. The second kappa shape index (κ2) is 2.23. The molecule has 3 heteroatoms. The molecule has 2 nitrogen and oxygen atoms in total. The molecule has 0 saturated carbocycles. The van der Waals surface area contributed by atoms with Gasteiger partial charge in [-0.05, 0) is 6.92 Å². The van der Waals surface area contributed by atoms with Crippen molar-refractivity contribution in [3.63, 3.8) is 0 Å². The molecule has 0 aromatic heterocycles. The quantitative estimate of drug-likeness (QED) is 0.588. The molecule has 0 radical (unpaired) electrons. The van der Waals surface area contributed by atoms with Crippen LogP contribution in [0, 0.1) is 5.41 Å². The van der Waals surface area contributed by atoms with E-state index in [1.54, 1.807) is 0 Å². The van der Waals surface area contributed by atoms with Crippen molar-refractivity contribution in [3.8, 4) is 0 Å². The first kappa shape index (κ1) is 6.96. The fourth-order valence-corrected chi connectivity index (χ4v) is 0.874. The summed E-state index contributed by atoms with van der Waals surface area (Å²) in [5, 5.41) is 0. The Kier molecular flexibility index (Phi) is 1.73. The number of ether oxygens (including phenoxy) is 1. The van der Waals surface area contributed by atoms with Crippen molar-refractivity contribution in [1.82, 2.24) is 0 Å². The highest BCUT2D eigenvalue weighted by Crippen LogP contribution is 2.31. The van der Waals surface area contributed by atoms with Gasteiger partial charge in [0.1, 0.15) is 6.17 Å². The minimum absolute atomic E-state index is 0.347. The second-order valence-electron chi connectivity index (χ2n) is 2.68. The van der Waals surface area contributed by atoms with Crippen molar-refractivity contribution >= 4 is 0 Å². The van der Waals surface area contributed by atoms with Gasteiger partial charge in [0, 0.05) is 6.54 Å². The molecule has 2 N–H and O–H groups in total. The molecule has 1 unspecified atom stereocenters. The highest BCUT2D eigenvalue weighted by Gasteiger charge is 2.42. The Bertz CT molecular complexity index is 95.7. The largest absolute Gasteiger partial charge is 0.380 e. The molecule has 1 saturated heterocycles. The Morgan fingerprint density at radius 3 is 2.33 bits per heavy atom. The number of hydrogen-bond donors (Lipinski definition) is 1. The first-order valence-electron chi connectivity index (χ1n) is 3.13. The van der Waals surface area contributed by atoms with Gasteiger partial charge in [-0.3, -0.25) is 0 Å². The molecule has 54 valence electrons. The lowest BCUT2D eigenvalue weighted by molar-refractivity contribution is -0.141. The molecule has 0 aromatic rings. The van der Waals surface area contributed by atoms with Crippen molar-refractivity contribution in [1.29, 1.82) is 0 Å². The van der Waals surface area contributed by atoms with Crippen molar-refractivity contribution in [3.05, 3.63) is 0 Å². The number of alkyl halides is 1. The Labute approximate surface area is 54.2 Å². The molecule has 1 aliphatic rings. The van der Waals surface area contributed by atoms with Crippen LogP contribution in [0.2, 0.25) is 0 Å². The molecule has 0 aromatic carbocycles. The summed E-state index contributed by atoms with van der Waals surface area (Å²) in [5.74, 6) is 0. The molecule has 0 bridgehead atoms. The van der Waals surface area contributed by atoms with E-state index in [4.69, 9.17) is 10.5 Å². The van der Waals surface area contributed by atoms with E-state index in [9.17, 15) is 4.39 Å². The Hall–Kier alpha value is -0.150. The van der Waals surface area contributed by atoms with E-state index in [0.717, 1.165) is 0 Å². The van der Waals surface area contributed by atoms with Gasteiger partial charge >= 0.3 is 0 Å². The third-order valence-electron chi connectivity index (χ3n) is 2.03. The van der Waals surface area contributed by atoms with Gasteiger partial charge in [0.25, 0.3) is 0 Å². The second-order valence-corrected chi connectivity index (χ2v) is 2.68. The van der Waals surface area contributed by atoms with Crippen LogP contribution in [0.4, 0.5) is 4.39 Å². The zero-order valence-electron chi connectivity index (χ0n) is 5.56. The van der Waals surface area contributed by atoms with Crippen LogP contribution < -0.4 is 5.73 Å². The first-order chi connectivity index (χ1) is 4.21. The molecular weight excluding hydrogens is 121 g/mol. The van der Waals surface area contributed by atoms with E-state index in [0.29, 0.717) is 19.8 Å².